The van der Waals surface area contributed by atoms with Gasteiger partial charge in [-0.25, -0.2) is 4.79 Å². The molecule has 0 spiro atoms. The van der Waals surface area contributed by atoms with E-state index >= 15 is 0 Å². The average molecular weight is 294 g/mol. The number of nitrogens with zero attached hydrogens (tertiary/aromatic N) is 3. The second-order valence-electron chi connectivity index (χ2n) is 5.26. The summed E-state index contributed by atoms with van der Waals surface area (Å²) < 4.78 is 1.77. The average Bonchev–Trinajstić information content (AvgIpc) is 2.93. The number of anilines is 1. The number of hydrogen-bond acceptors (Lipinski definition) is 2. The molecule has 0 aliphatic heterocycles. The number of aryl methyl sites for hydroxylation is 1. The number of benzene rings is 2. The first-order chi connectivity index (χ1) is 10.6. The van der Waals surface area contributed by atoms with Crippen LogP contribution in [0.5, 0.6) is 0 Å². The van der Waals surface area contributed by atoms with Gasteiger partial charge in [0.15, 0.2) is 0 Å². The third-order valence-corrected chi connectivity index (χ3v) is 3.70. The molecule has 1 N–H and O–H groups in total. The summed E-state index contributed by atoms with van der Waals surface area (Å²) in [4.78, 5) is 14.0. The van der Waals surface area contributed by atoms with Crippen molar-refractivity contribution in [2.75, 3.05) is 12.4 Å². The summed E-state index contributed by atoms with van der Waals surface area (Å²) in [6.07, 6.45) is 1.73. The number of nitrogens with one attached hydrogen (secondary N) is 1. The standard InChI is InChI=1S/C17H18N4O/c1-20(12-14-10-11-18-21(14)2)17(22)19-16-9-5-7-13-6-3-4-8-15(13)16/h3-11H,12H2,1-2H3,(H,19,22). The van der Waals surface area contributed by atoms with Gasteiger partial charge in [-0.1, -0.05) is 36.4 Å². The summed E-state index contributed by atoms with van der Waals surface area (Å²) in [6, 6.07) is 15.6. The van der Waals surface area contributed by atoms with Gasteiger partial charge in [-0.15, -0.1) is 0 Å². The van der Waals surface area contributed by atoms with Crippen molar-refractivity contribution in [1.82, 2.24) is 14.7 Å². The van der Waals surface area contributed by atoms with Gasteiger partial charge in [0.1, 0.15) is 0 Å². The first-order valence-corrected chi connectivity index (χ1v) is 7.12. The zero-order valence-corrected chi connectivity index (χ0v) is 12.7. The summed E-state index contributed by atoms with van der Waals surface area (Å²) in [5.74, 6) is 0. The Kier molecular flexibility index (Phi) is 3.78. The third-order valence-electron chi connectivity index (χ3n) is 3.70. The van der Waals surface area contributed by atoms with Gasteiger partial charge >= 0.3 is 6.03 Å². The Bertz CT molecular complexity index is 804. The molecule has 0 radical (unpaired) electrons. The lowest BCUT2D eigenvalue weighted by molar-refractivity contribution is 0.219. The SMILES string of the molecule is CN(Cc1ccnn1C)C(=O)Nc1cccc2ccccc12. The topological polar surface area (TPSA) is 50.2 Å². The van der Waals surface area contributed by atoms with Crippen LogP contribution in [0.25, 0.3) is 10.8 Å². The molecule has 0 saturated carbocycles. The van der Waals surface area contributed by atoms with Gasteiger partial charge in [0.2, 0.25) is 0 Å². The number of rotatable bonds is 3. The van der Waals surface area contributed by atoms with Crippen molar-refractivity contribution < 1.29 is 4.79 Å². The van der Waals surface area contributed by atoms with Gasteiger partial charge in [-0.2, -0.15) is 5.10 Å². The Hall–Kier alpha value is -2.82. The van der Waals surface area contributed by atoms with E-state index < -0.39 is 0 Å². The predicted octanol–water partition coefficient (Wildman–Crippen LogP) is 3.24. The zero-order chi connectivity index (χ0) is 15.5. The minimum atomic E-state index is -0.141. The summed E-state index contributed by atoms with van der Waals surface area (Å²) in [5.41, 5.74) is 1.80. The van der Waals surface area contributed by atoms with E-state index in [1.165, 1.54) is 0 Å². The fourth-order valence-electron chi connectivity index (χ4n) is 2.42. The highest BCUT2D eigenvalue weighted by Gasteiger charge is 2.12. The number of hydrogen-bond donors (Lipinski definition) is 1. The smallest absolute Gasteiger partial charge is 0.321 e. The number of carbonyl (C=O) groups excluding carboxylic acids is 1. The van der Waals surface area contributed by atoms with Crippen LogP contribution < -0.4 is 5.32 Å². The number of urea groups is 1. The minimum absolute atomic E-state index is 0.141. The lowest BCUT2D eigenvalue weighted by atomic mass is 10.1. The maximum atomic E-state index is 12.4. The first kappa shape index (κ1) is 14.1. The molecule has 5 nitrogen and oxygen atoms in total. The first-order valence-electron chi connectivity index (χ1n) is 7.12. The molecule has 3 rings (SSSR count). The Labute approximate surface area is 129 Å². The monoisotopic (exact) mass is 294 g/mol. The van der Waals surface area contributed by atoms with Crippen LogP contribution in [-0.2, 0) is 13.6 Å². The van der Waals surface area contributed by atoms with Crippen molar-refractivity contribution in [2.24, 2.45) is 7.05 Å². The Morgan fingerprint density at radius 3 is 2.73 bits per heavy atom. The van der Waals surface area contributed by atoms with Gasteiger partial charge in [-0.3, -0.25) is 4.68 Å². The molecule has 0 saturated heterocycles. The molecule has 22 heavy (non-hydrogen) atoms. The van der Waals surface area contributed by atoms with Crippen LogP contribution in [0.4, 0.5) is 10.5 Å². The van der Waals surface area contributed by atoms with Crippen molar-refractivity contribution in [3.8, 4) is 0 Å². The van der Waals surface area contributed by atoms with Gasteiger partial charge in [0.05, 0.1) is 17.9 Å². The fourth-order valence-corrected chi connectivity index (χ4v) is 2.42. The molecule has 2 aromatic carbocycles. The van der Waals surface area contributed by atoms with Crippen LogP contribution in [0.3, 0.4) is 0 Å². The fraction of sp³-hybridized carbons (Fsp3) is 0.176. The van der Waals surface area contributed by atoms with Crippen molar-refractivity contribution in [1.29, 1.82) is 0 Å². The van der Waals surface area contributed by atoms with Crippen molar-refractivity contribution in [3.05, 3.63) is 60.4 Å². The summed E-state index contributed by atoms with van der Waals surface area (Å²) >= 11 is 0. The molecule has 112 valence electrons. The summed E-state index contributed by atoms with van der Waals surface area (Å²) in [5, 5.41) is 9.23. The molecular formula is C17H18N4O. The molecular weight excluding hydrogens is 276 g/mol. The van der Waals surface area contributed by atoms with E-state index in [0.29, 0.717) is 6.54 Å². The van der Waals surface area contributed by atoms with Crippen LogP contribution in [0.15, 0.2) is 54.7 Å². The second-order valence-corrected chi connectivity index (χ2v) is 5.26. The third kappa shape index (κ3) is 2.79. The Morgan fingerprint density at radius 2 is 1.95 bits per heavy atom. The second kappa shape index (κ2) is 5.89. The number of aromatic nitrogens is 2. The van der Waals surface area contributed by atoms with Crippen LogP contribution in [-0.4, -0.2) is 27.8 Å². The highest BCUT2D eigenvalue weighted by Crippen LogP contribution is 2.23. The molecule has 5 heteroatoms. The van der Waals surface area contributed by atoms with Crippen LogP contribution >= 0.6 is 0 Å². The highest BCUT2D eigenvalue weighted by molar-refractivity contribution is 6.01. The maximum absolute atomic E-state index is 12.4. The van der Waals surface area contributed by atoms with Crippen LogP contribution in [0.2, 0.25) is 0 Å². The number of amides is 2. The maximum Gasteiger partial charge on any atom is 0.321 e. The van der Waals surface area contributed by atoms with Crippen molar-refractivity contribution in [3.63, 3.8) is 0 Å². The van der Waals surface area contributed by atoms with Crippen molar-refractivity contribution >= 4 is 22.5 Å². The van der Waals surface area contributed by atoms with E-state index in [9.17, 15) is 4.79 Å². The van der Waals surface area contributed by atoms with Gasteiger partial charge in [0.25, 0.3) is 0 Å². The molecule has 0 atom stereocenters. The molecule has 1 aromatic heterocycles. The Morgan fingerprint density at radius 1 is 1.18 bits per heavy atom. The molecule has 2 amide bonds. The molecule has 0 aliphatic carbocycles. The molecule has 1 heterocycles. The lowest BCUT2D eigenvalue weighted by Crippen LogP contribution is -2.31. The predicted molar refractivity (Wildman–Crippen MR) is 87.6 cm³/mol. The van der Waals surface area contributed by atoms with Gasteiger partial charge < -0.3 is 10.2 Å². The Balaban J connectivity index is 1.77. The zero-order valence-electron chi connectivity index (χ0n) is 12.7. The number of fused-ring (bicyclic) bond motifs is 1. The minimum Gasteiger partial charge on any atom is -0.322 e. The lowest BCUT2D eigenvalue weighted by Gasteiger charge is -2.18. The molecule has 0 unspecified atom stereocenters. The van der Waals surface area contributed by atoms with Crippen molar-refractivity contribution in [2.45, 2.75) is 6.54 Å². The van der Waals surface area contributed by atoms with Gasteiger partial charge in [0, 0.05) is 25.7 Å². The van der Waals surface area contributed by atoms with Crippen LogP contribution in [0, 0.1) is 0 Å². The number of carbonyl (C=O) groups is 1. The highest BCUT2D eigenvalue weighted by atomic mass is 16.2. The summed E-state index contributed by atoms with van der Waals surface area (Å²) in [7, 11) is 3.64. The molecule has 0 aliphatic rings. The van der Waals surface area contributed by atoms with E-state index in [0.717, 1.165) is 22.2 Å². The van der Waals surface area contributed by atoms with E-state index in [-0.39, 0.29) is 6.03 Å². The van der Waals surface area contributed by atoms with E-state index in [1.807, 2.05) is 55.6 Å². The normalized spacial score (nSPS) is 10.6. The molecule has 0 fully saturated rings. The largest absolute Gasteiger partial charge is 0.322 e. The van der Waals surface area contributed by atoms with Crippen LogP contribution in [0.1, 0.15) is 5.69 Å². The summed E-state index contributed by atoms with van der Waals surface area (Å²) in [6.45, 7) is 0.507. The van der Waals surface area contributed by atoms with Gasteiger partial charge in [-0.05, 0) is 17.5 Å². The van der Waals surface area contributed by atoms with E-state index in [4.69, 9.17) is 0 Å². The molecule has 0 bridgehead atoms. The van der Waals surface area contributed by atoms with E-state index in [1.54, 1.807) is 22.8 Å². The van der Waals surface area contributed by atoms with E-state index in [2.05, 4.69) is 10.4 Å². The molecule has 3 aromatic rings. The quantitative estimate of drug-likeness (QED) is 0.806.